The van der Waals surface area contributed by atoms with Crippen LogP contribution in [0.5, 0.6) is 0 Å². The van der Waals surface area contributed by atoms with Crippen molar-refractivity contribution in [3.8, 4) is 0 Å². The van der Waals surface area contributed by atoms with Gasteiger partial charge in [-0.15, -0.1) is 0 Å². The summed E-state index contributed by atoms with van der Waals surface area (Å²) in [5.74, 6) is -2.54. The summed E-state index contributed by atoms with van der Waals surface area (Å²) in [5, 5.41) is 7.12. The molecule has 0 bridgehead atoms. The van der Waals surface area contributed by atoms with Gasteiger partial charge in [-0.05, 0) is 24.3 Å². The number of amides is 2. The third-order valence-electron chi connectivity index (χ3n) is 4.95. The lowest BCUT2D eigenvalue weighted by molar-refractivity contribution is -0.192. The Labute approximate surface area is 169 Å². The number of carbonyl (C=O) groups excluding carboxylic acids is 2. The van der Waals surface area contributed by atoms with E-state index in [-0.39, 0.29) is 23.7 Å². The number of aliphatic carboxylic acids is 1. The van der Waals surface area contributed by atoms with E-state index in [1.165, 1.54) is 0 Å². The maximum atomic E-state index is 12.7. The van der Waals surface area contributed by atoms with E-state index in [0.29, 0.717) is 25.2 Å². The van der Waals surface area contributed by atoms with E-state index in [1.54, 1.807) is 29.4 Å². The molecule has 2 fully saturated rings. The molecule has 2 aromatic rings. The van der Waals surface area contributed by atoms with Gasteiger partial charge >= 0.3 is 12.1 Å². The largest absolute Gasteiger partial charge is 0.490 e. The SMILES string of the molecule is O=C(O)C(F)(F)F.O=C(c1cccnc1)N1CC2CN(c3ccccc3)C(=O)C2C1. The van der Waals surface area contributed by atoms with Crippen molar-refractivity contribution in [1.29, 1.82) is 0 Å². The Morgan fingerprint density at radius 2 is 1.70 bits per heavy atom. The first kappa shape index (κ1) is 21.3. The van der Waals surface area contributed by atoms with Crippen molar-refractivity contribution in [3.63, 3.8) is 0 Å². The zero-order valence-corrected chi connectivity index (χ0v) is 15.6. The number of anilines is 1. The van der Waals surface area contributed by atoms with Gasteiger partial charge in [-0.2, -0.15) is 13.2 Å². The maximum Gasteiger partial charge on any atom is 0.490 e. The third-order valence-corrected chi connectivity index (χ3v) is 4.95. The molecule has 4 rings (SSSR count). The molecule has 30 heavy (non-hydrogen) atoms. The number of halogens is 3. The van der Waals surface area contributed by atoms with Crippen LogP contribution in [0.3, 0.4) is 0 Å². The van der Waals surface area contributed by atoms with Crippen LogP contribution in [0, 0.1) is 11.8 Å². The number of pyridine rings is 1. The normalized spacial score (nSPS) is 20.4. The van der Waals surface area contributed by atoms with Crippen molar-refractivity contribution < 1.29 is 32.7 Å². The predicted octanol–water partition coefficient (Wildman–Crippen LogP) is 2.45. The van der Waals surface area contributed by atoms with Gasteiger partial charge in [-0.1, -0.05) is 18.2 Å². The highest BCUT2D eigenvalue weighted by atomic mass is 19.4. The van der Waals surface area contributed by atoms with Gasteiger partial charge in [0.15, 0.2) is 0 Å². The van der Waals surface area contributed by atoms with Crippen LogP contribution in [-0.2, 0) is 9.59 Å². The van der Waals surface area contributed by atoms with Crippen LogP contribution in [0.2, 0.25) is 0 Å². The summed E-state index contributed by atoms with van der Waals surface area (Å²) in [6.45, 7) is 1.82. The van der Waals surface area contributed by atoms with Gasteiger partial charge in [-0.3, -0.25) is 14.6 Å². The molecule has 2 saturated heterocycles. The molecule has 1 N–H and O–H groups in total. The average Bonchev–Trinajstić information content (AvgIpc) is 3.28. The van der Waals surface area contributed by atoms with E-state index in [2.05, 4.69) is 4.98 Å². The summed E-state index contributed by atoms with van der Waals surface area (Å²) in [4.78, 5) is 41.7. The van der Waals surface area contributed by atoms with Crippen LogP contribution in [0.25, 0.3) is 0 Å². The summed E-state index contributed by atoms with van der Waals surface area (Å²) in [5.41, 5.74) is 1.52. The quantitative estimate of drug-likeness (QED) is 0.805. The van der Waals surface area contributed by atoms with Crippen LogP contribution >= 0.6 is 0 Å². The van der Waals surface area contributed by atoms with E-state index in [9.17, 15) is 22.8 Å². The van der Waals surface area contributed by atoms with Crippen LogP contribution < -0.4 is 4.90 Å². The zero-order chi connectivity index (χ0) is 21.9. The highest BCUT2D eigenvalue weighted by Gasteiger charge is 2.47. The molecule has 0 spiro atoms. The highest BCUT2D eigenvalue weighted by molar-refractivity contribution is 6.00. The van der Waals surface area contributed by atoms with Crippen LogP contribution in [0.4, 0.5) is 18.9 Å². The van der Waals surface area contributed by atoms with Crippen molar-refractivity contribution in [2.75, 3.05) is 24.5 Å². The molecule has 2 amide bonds. The fourth-order valence-corrected chi connectivity index (χ4v) is 3.54. The molecule has 158 valence electrons. The fraction of sp³-hybridized carbons (Fsp3) is 0.300. The smallest absolute Gasteiger partial charge is 0.475 e. The number of rotatable bonds is 2. The van der Waals surface area contributed by atoms with E-state index in [1.807, 2.05) is 35.2 Å². The highest BCUT2D eigenvalue weighted by Crippen LogP contribution is 2.35. The van der Waals surface area contributed by atoms with Gasteiger partial charge in [0.1, 0.15) is 0 Å². The molecule has 2 unspecified atom stereocenters. The van der Waals surface area contributed by atoms with E-state index >= 15 is 0 Å². The summed E-state index contributed by atoms with van der Waals surface area (Å²) in [7, 11) is 0. The number of likely N-dealkylation sites (tertiary alicyclic amines) is 1. The topological polar surface area (TPSA) is 90.8 Å². The van der Waals surface area contributed by atoms with Gasteiger partial charge in [0.05, 0.1) is 11.5 Å². The lowest BCUT2D eigenvalue weighted by Gasteiger charge is -2.22. The second kappa shape index (κ2) is 8.52. The van der Waals surface area contributed by atoms with Crippen molar-refractivity contribution in [1.82, 2.24) is 9.88 Å². The number of benzene rings is 1. The first-order valence-corrected chi connectivity index (χ1v) is 9.04. The fourth-order valence-electron chi connectivity index (χ4n) is 3.54. The molecule has 0 aliphatic carbocycles. The van der Waals surface area contributed by atoms with E-state index < -0.39 is 12.1 Å². The lowest BCUT2D eigenvalue weighted by Crippen LogP contribution is -2.35. The minimum atomic E-state index is -5.08. The maximum absolute atomic E-state index is 12.7. The van der Waals surface area contributed by atoms with Gasteiger partial charge in [0.25, 0.3) is 5.91 Å². The second-order valence-corrected chi connectivity index (χ2v) is 6.91. The molecule has 7 nitrogen and oxygen atoms in total. The van der Waals surface area contributed by atoms with Crippen molar-refractivity contribution >= 4 is 23.5 Å². The van der Waals surface area contributed by atoms with Gasteiger partial charge in [0, 0.05) is 43.6 Å². The Balaban J connectivity index is 0.000000318. The van der Waals surface area contributed by atoms with Crippen molar-refractivity contribution in [2.45, 2.75) is 6.18 Å². The van der Waals surface area contributed by atoms with E-state index in [4.69, 9.17) is 9.90 Å². The van der Waals surface area contributed by atoms with Gasteiger partial charge < -0.3 is 14.9 Å². The van der Waals surface area contributed by atoms with Crippen molar-refractivity contribution in [3.05, 3.63) is 60.4 Å². The lowest BCUT2D eigenvalue weighted by atomic mass is 10.0. The number of carbonyl (C=O) groups is 3. The molecule has 2 atom stereocenters. The number of nitrogens with zero attached hydrogens (tertiary/aromatic N) is 3. The third kappa shape index (κ3) is 4.58. The summed E-state index contributed by atoms with van der Waals surface area (Å²) in [6, 6.07) is 13.3. The Bertz CT molecular complexity index is 922. The number of hydrogen-bond acceptors (Lipinski definition) is 4. The molecule has 2 aliphatic heterocycles. The zero-order valence-electron chi connectivity index (χ0n) is 15.6. The summed E-state index contributed by atoms with van der Waals surface area (Å²) >= 11 is 0. The number of alkyl halides is 3. The molecule has 1 aromatic heterocycles. The molecular formula is C20H18F3N3O4. The van der Waals surface area contributed by atoms with Crippen LogP contribution in [-0.4, -0.2) is 58.6 Å². The molecule has 2 aliphatic rings. The molecular weight excluding hydrogens is 403 g/mol. The number of para-hydroxylation sites is 1. The Hall–Kier alpha value is -3.43. The number of hydrogen-bond donors (Lipinski definition) is 1. The van der Waals surface area contributed by atoms with E-state index in [0.717, 1.165) is 5.69 Å². The predicted molar refractivity (Wildman–Crippen MR) is 99.6 cm³/mol. The second-order valence-electron chi connectivity index (χ2n) is 6.91. The Morgan fingerprint density at radius 3 is 2.23 bits per heavy atom. The monoisotopic (exact) mass is 421 g/mol. The first-order valence-electron chi connectivity index (χ1n) is 9.04. The number of carboxylic acids is 1. The minimum absolute atomic E-state index is 0.0356. The number of aromatic nitrogens is 1. The van der Waals surface area contributed by atoms with Crippen molar-refractivity contribution in [2.24, 2.45) is 11.8 Å². The van der Waals surface area contributed by atoms with Gasteiger partial charge in [0.2, 0.25) is 5.91 Å². The number of fused-ring (bicyclic) bond motifs is 1. The standard InChI is InChI=1S/C18H17N3O2.C2HF3O2/c22-17(13-5-4-8-19-9-13)20-10-14-11-21(18(23)16(14)12-20)15-6-2-1-3-7-15;3-2(4,5)1(6)7/h1-9,14,16H,10-12H2;(H,6,7). The minimum Gasteiger partial charge on any atom is -0.475 e. The number of carboxylic acid groups (broad SMARTS) is 1. The van der Waals surface area contributed by atoms with Crippen LogP contribution in [0.1, 0.15) is 10.4 Å². The summed E-state index contributed by atoms with van der Waals surface area (Å²) < 4.78 is 31.7. The molecule has 10 heteroatoms. The molecule has 1 aromatic carbocycles. The molecule has 0 saturated carbocycles. The Kier molecular flexibility index (Phi) is 6.04. The molecule has 3 heterocycles. The Morgan fingerprint density at radius 1 is 1.03 bits per heavy atom. The molecule has 0 radical (unpaired) electrons. The van der Waals surface area contributed by atoms with Crippen LogP contribution in [0.15, 0.2) is 54.9 Å². The average molecular weight is 421 g/mol. The van der Waals surface area contributed by atoms with Gasteiger partial charge in [-0.25, -0.2) is 4.79 Å². The first-order chi connectivity index (χ1) is 14.2. The summed E-state index contributed by atoms with van der Waals surface area (Å²) in [6.07, 6.45) is -1.86.